The predicted molar refractivity (Wildman–Crippen MR) is 95.2 cm³/mol. The first-order chi connectivity index (χ1) is 10.9. The van der Waals surface area contributed by atoms with Crippen molar-refractivity contribution in [2.45, 2.75) is 47.1 Å². The van der Waals surface area contributed by atoms with Gasteiger partial charge in [0.25, 0.3) is 5.91 Å². The number of ether oxygens (including phenoxy) is 1. The lowest BCUT2D eigenvalue weighted by Crippen LogP contribution is -2.32. The van der Waals surface area contributed by atoms with Crippen molar-refractivity contribution in [1.82, 2.24) is 0 Å². The van der Waals surface area contributed by atoms with Crippen molar-refractivity contribution in [2.75, 3.05) is 5.32 Å². The van der Waals surface area contributed by atoms with Crippen LogP contribution in [-0.4, -0.2) is 12.0 Å². The van der Waals surface area contributed by atoms with Crippen LogP contribution < -0.4 is 10.1 Å². The number of hydrogen-bond acceptors (Lipinski definition) is 2. The van der Waals surface area contributed by atoms with Crippen molar-refractivity contribution in [3.63, 3.8) is 0 Å². The quantitative estimate of drug-likeness (QED) is 0.868. The van der Waals surface area contributed by atoms with Crippen LogP contribution in [0, 0.1) is 27.7 Å². The van der Waals surface area contributed by atoms with Crippen LogP contribution in [0.15, 0.2) is 36.4 Å². The minimum atomic E-state index is -0.501. The van der Waals surface area contributed by atoms with E-state index in [1.165, 1.54) is 11.1 Å². The van der Waals surface area contributed by atoms with E-state index in [0.717, 1.165) is 22.6 Å². The molecule has 122 valence electrons. The van der Waals surface area contributed by atoms with E-state index in [2.05, 4.69) is 19.2 Å². The van der Waals surface area contributed by atoms with E-state index < -0.39 is 6.10 Å². The van der Waals surface area contributed by atoms with Gasteiger partial charge >= 0.3 is 0 Å². The summed E-state index contributed by atoms with van der Waals surface area (Å²) < 4.78 is 5.88. The average molecular weight is 311 g/mol. The Morgan fingerprint density at radius 2 is 1.57 bits per heavy atom. The van der Waals surface area contributed by atoms with E-state index >= 15 is 0 Å². The molecule has 0 aliphatic carbocycles. The molecule has 0 heterocycles. The molecule has 3 heteroatoms. The minimum absolute atomic E-state index is 0.117. The zero-order valence-electron chi connectivity index (χ0n) is 14.6. The number of anilines is 1. The van der Waals surface area contributed by atoms with Gasteiger partial charge in [-0.05, 0) is 80.6 Å². The number of aryl methyl sites for hydroxylation is 4. The van der Waals surface area contributed by atoms with E-state index in [-0.39, 0.29) is 5.91 Å². The summed E-state index contributed by atoms with van der Waals surface area (Å²) in [6, 6.07) is 11.8. The highest BCUT2D eigenvalue weighted by Crippen LogP contribution is 2.20. The molecule has 0 saturated heterocycles. The third kappa shape index (κ3) is 4.35. The number of hydrogen-bond donors (Lipinski definition) is 1. The molecule has 1 amide bonds. The lowest BCUT2D eigenvalue weighted by molar-refractivity contribution is -0.122. The molecule has 0 aromatic heterocycles. The Hall–Kier alpha value is -2.29. The zero-order chi connectivity index (χ0) is 17.0. The van der Waals surface area contributed by atoms with Crippen LogP contribution in [-0.2, 0) is 4.79 Å². The highest BCUT2D eigenvalue weighted by atomic mass is 16.5. The van der Waals surface area contributed by atoms with E-state index in [1.54, 1.807) is 0 Å². The van der Waals surface area contributed by atoms with Crippen molar-refractivity contribution in [3.05, 3.63) is 58.7 Å². The van der Waals surface area contributed by atoms with Gasteiger partial charge in [0.05, 0.1) is 0 Å². The van der Waals surface area contributed by atoms with Crippen LogP contribution in [0.4, 0.5) is 5.69 Å². The normalized spacial score (nSPS) is 11.9. The molecule has 2 rings (SSSR count). The SMILES string of the molecule is CC[C@H](Oc1ccc(C)c(C)c1)C(=O)Nc1ccc(C)c(C)c1. The number of carbonyl (C=O) groups excluding carboxylic acids is 1. The Bertz CT molecular complexity index is 707. The number of amides is 1. The van der Waals surface area contributed by atoms with Gasteiger partial charge in [-0.1, -0.05) is 19.1 Å². The molecule has 0 aliphatic rings. The highest BCUT2D eigenvalue weighted by Gasteiger charge is 2.19. The van der Waals surface area contributed by atoms with Gasteiger partial charge in [0.15, 0.2) is 6.10 Å². The van der Waals surface area contributed by atoms with Crippen LogP contribution in [0.3, 0.4) is 0 Å². The van der Waals surface area contributed by atoms with Gasteiger partial charge in [-0.25, -0.2) is 0 Å². The topological polar surface area (TPSA) is 38.3 Å². The summed E-state index contributed by atoms with van der Waals surface area (Å²) >= 11 is 0. The molecule has 0 fully saturated rings. The van der Waals surface area contributed by atoms with Crippen LogP contribution >= 0.6 is 0 Å². The van der Waals surface area contributed by atoms with Crippen molar-refractivity contribution in [2.24, 2.45) is 0 Å². The molecule has 2 aromatic rings. The van der Waals surface area contributed by atoms with Crippen molar-refractivity contribution in [1.29, 1.82) is 0 Å². The summed E-state index contributed by atoms with van der Waals surface area (Å²) in [4.78, 5) is 12.5. The molecule has 3 nitrogen and oxygen atoms in total. The third-order valence-corrected chi connectivity index (χ3v) is 4.19. The maximum atomic E-state index is 12.5. The summed E-state index contributed by atoms with van der Waals surface area (Å²) in [7, 11) is 0. The van der Waals surface area contributed by atoms with E-state index in [4.69, 9.17) is 4.74 Å². The first kappa shape index (κ1) is 17.1. The Morgan fingerprint density at radius 1 is 0.957 bits per heavy atom. The summed E-state index contributed by atoms with van der Waals surface area (Å²) in [6.07, 6.45) is 0.113. The molecule has 0 saturated carbocycles. The van der Waals surface area contributed by atoms with Gasteiger partial charge in [0.1, 0.15) is 5.75 Å². The van der Waals surface area contributed by atoms with Crippen LogP contribution in [0.1, 0.15) is 35.6 Å². The number of benzene rings is 2. The molecule has 1 atom stereocenters. The zero-order valence-corrected chi connectivity index (χ0v) is 14.6. The fourth-order valence-electron chi connectivity index (χ4n) is 2.32. The Balaban J connectivity index is 2.08. The first-order valence-electron chi connectivity index (χ1n) is 8.02. The van der Waals surface area contributed by atoms with Gasteiger partial charge in [-0.2, -0.15) is 0 Å². The third-order valence-electron chi connectivity index (χ3n) is 4.19. The largest absolute Gasteiger partial charge is 0.481 e. The van der Waals surface area contributed by atoms with Crippen molar-refractivity contribution >= 4 is 11.6 Å². The summed E-state index contributed by atoms with van der Waals surface area (Å²) in [6.45, 7) is 10.1. The average Bonchev–Trinajstić information content (AvgIpc) is 2.52. The predicted octanol–water partition coefficient (Wildman–Crippen LogP) is 4.72. The number of carbonyl (C=O) groups is 1. The number of nitrogens with one attached hydrogen (secondary N) is 1. The fraction of sp³-hybridized carbons (Fsp3) is 0.350. The molecule has 23 heavy (non-hydrogen) atoms. The molecule has 0 unspecified atom stereocenters. The van der Waals surface area contributed by atoms with Gasteiger partial charge in [-0.15, -0.1) is 0 Å². The standard InChI is InChI=1S/C20H25NO2/c1-6-19(23-18-10-8-14(3)16(5)12-18)20(22)21-17-9-7-13(2)15(4)11-17/h7-12,19H,6H2,1-5H3,(H,21,22)/t19-/m0/s1. The first-order valence-corrected chi connectivity index (χ1v) is 8.02. The van der Waals surface area contributed by atoms with Crippen LogP contribution in [0.2, 0.25) is 0 Å². The summed E-state index contributed by atoms with van der Waals surface area (Å²) in [5.74, 6) is 0.615. The van der Waals surface area contributed by atoms with E-state index in [9.17, 15) is 4.79 Å². The maximum Gasteiger partial charge on any atom is 0.265 e. The van der Waals surface area contributed by atoms with Crippen molar-refractivity contribution < 1.29 is 9.53 Å². The molecule has 0 bridgehead atoms. The summed E-state index contributed by atoms with van der Waals surface area (Å²) in [5, 5.41) is 2.94. The van der Waals surface area contributed by atoms with Crippen LogP contribution in [0.5, 0.6) is 5.75 Å². The molecule has 0 aliphatic heterocycles. The molecular formula is C20H25NO2. The lowest BCUT2D eigenvalue weighted by Gasteiger charge is -2.18. The smallest absolute Gasteiger partial charge is 0.265 e. The molecule has 2 aromatic carbocycles. The second kappa shape index (κ2) is 7.32. The highest BCUT2D eigenvalue weighted by molar-refractivity contribution is 5.94. The lowest BCUT2D eigenvalue weighted by atomic mass is 10.1. The second-order valence-electron chi connectivity index (χ2n) is 6.05. The Morgan fingerprint density at radius 3 is 2.13 bits per heavy atom. The van der Waals surface area contributed by atoms with Gasteiger partial charge in [0, 0.05) is 5.69 Å². The number of rotatable bonds is 5. The van der Waals surface area contributed by atoms with Gasteiger partial charge < -0.3 is 10.1 Å². The Labute approximate surface area is 138 Å². The van der Waals surface area contributed by atoms with Gasteiger partial charge in [-0.3, -0.25) is 4.79 Å². The monoisotopic (exact) mass is 311 g/mol. The van der Waals surface area contributed by atoms with E-state index in [1.807, 2.05) is 57.2 Å². The molecule has 0 spiro atoms. The van der Waals surface area contributed by atoms with E-state index in [0.29, 0.717) is 6.42 Å². The maximum absolute atomic E-state index is 12.5. The molecule has 0 radical (unpaired) electrons. The minimum Gasteiger partial charge on any atom is -0.481 e. The van der Waals surface area contributed by atoms with Crippen molar-refractivity contribution in [3.8, 4) is 5.75 Å². The second-order valence-corrected chi connectivity index (χ2v) is 6.05. The fourth-order valence-corrected chi connectivity index (χ4v) is 2.32. The molecular weight excluding hydrogens is 286 g/mol. The van der Waals surface area contributed by atoms with Gasteiger partial charge in [0.2, 0.25) is 0 Å². The summed E-state index contributed by atoms with van der Waals surface area (Å²) in [5.41, 5.74) is 5.55. The Kier molecular flexibility index (Phi) is 5.43. The van der Waals surface area contributed by atoms with Crippen LogP contribution in [0.25, 0.3) is 0 Å². The molecule has 1 N–H and O–H groups in total.